The number of thiazole rings is 1. The van der Waals surface area contributed by atoms with E-state index >= 15 is 0 Å². The Kier molecular flexibility index (Phi) is 3.58. The predicted octanol–water partition coefficient (Wildman–Crippen LogP) is 2.33. The molecule has 0 saturated heterocycles. The molecule has 8 heteroatoms. The van der Waals surface area contributed by atoms with Crippen LogP contribution < -0.4 is 5.56 Å². The third kappa shape index (κ3) is 2.65. The molecule has 0 bridgehead atoms. The SMILES string of the molecule is Cc1nc(Cn2cc(Br)cc([N+](=O)[O-])c2=O)cs1. The normalized spacial score (nSPS) is 10.6. The number of aryl methyl sites for hydroxylation is 1. The maximum atomic E-state index is 11.8. The molecule has 0 aromatic carbocycles. The molecule has 18 heavy (non-hydrogen) atoms. The van der Waals surface area contributed by atoms with E-state index in [9.17, 15) is 14.9 Å². The quantitative estimate of drug-likeness (QED) is 0.639. The van der Waals surface area contributed by atoms with Crippen molar-refractivity contribution in [1.29, 1.82) is 0 Å². The van der Waals surface area contributed by atoms with Crippen molar-refractivity contribution < 1.29 is 4.92 Å². The topological polar surface area (TPSA) is 78.0 Å². The lowest BCUT2D eigenvalue weighted by Gasteiger charge is -2.03. The largest absolute Gasteiger partial charge is 0.335 e. The zero-order valence-corrected chi connectivity index (χ0v) is 11.7. The summed E-state index contributed by atoms with van der Waals surface area (Å²) in [7, 11) is 0. The smallest absolute Gasteiger partial charge is 0.302 e. The van der Waals surface area contributed by atoms with Gasteiger partial charge in [-0.3, -0.25) is 14.9 Å². The first-order valence-electron chi connectivity index (χ1n) is 4.93. The fourth-order valence-electron chi connectivity index (χ4n) is 1.49. The molecule has 0 aliphatic rings. The van der Waals surface area contributed by atoms with Crippen LogP contribution in [0.1, 0.15) is 10.7 Å². The van der Waals surface area contributed by atoms with Crippen molar-refractivity contribution in [2.75, 3.05) is 0 Å². The highest BCUT2D eigenvalue weighted by atomic mass is 79.9. The second-order valence-electron chi connectivity index (χ2n) is 3.59. The maximum Gasteiger partial charge on any atom is 0.335 e. The van der Waals surface area contributed by atoms with E-state index in [1.54, 1.807) is 0 Å². The molecule has 0 radical (unpaired) electrons. The van der Waals surface area contributed by atoms with Gasteiger partial charge in [0.15, 0.2) is 0 Å². The molecular weight excluding hydrogens is 322 g/mol. The van der Waals surface area contributed by atoms with Gasteiger partial charge >= 0.3 is 11.2 Å². The molecule has 0 unspecified atom stereocenters. The highest BCUT2D eigenvalue weighted by Gasteiger charge is 2.16. The summed E-state index contributed by atoms with van der Waals surface area (Å²) in [6, 6.07) is 1.20. The molecule has 94 valence electrons. The fraction of sp³-hybridized carbons (Fsp3) is 0.200. The van der Waals surface area contributed by atoms with Crippen LogP contribution in [-0.2, 0) is 6.54 Å². The molecule has 0 spiro atoms. The third-order valence-electron chi connectivity index (χ3n) is 2.23. The Labute approximate surface area is 114 Å². The van der Waals surface area contributed by atoms with E-state index < -0.39 is 16.2 Å². The maximum absolute atomic E-state index is 11.8. The van der Waals surface area contributed by atoms with Crippen LogP contribution in [0.5, 0.6) is 0 Å². The van der Waals surface area contributed by atoms with Crippen LogP contribution in [0.4, 0.5) is 5.69 Å². The van der Waals surface area contributed by atoms with Crippen molar-refractivity contribution in [1.82, 2.24) is 9.55 Å². The van der Waals surface area contributed by atoms with Crippen LogP contribution in [0.2, 0.25) is 0 Å². The van der Waals surface area contributed by atoms with Gasteiger partial charge < -0.3 is 4.57 Å². The summed E-state index contributed by atoms with van der Waals surface area (Å²) < 4.78 is 1.76. The van der Waals surface area contributed by atoms with Crippen LogP contribution in [0.25, 0.3) is 0 Å². The average Bonchev–Trinajstić information content (AvgIpc) is 2.68. The minimum atomic E-state index is -0.685. The summed E-state index contributed by atoms with van der Waals surface area (Å²) in [5.74, 6) is 0. The molecule has 2 heterocycles. The number of hydrogen-bond acceptors (Lipinski definition) is 5. The zero-order chi connectivity index (χ0) is 13.3. The van der Waals surface area contributed by atoms with E-state index in [-0.39, 0.29) is 6.54 Å². The number of nitrogens with zero attached hydrogens (tertiary/aromatic N) is 3. The van der Waals surface area contributed by atoms with Crippen LogP contribution in [0, 0.1) is 17.0 Å². The van der Waals surface area contributed by atoms with E-state index in [4.69, 9.17) is 0 Å². The minimum Gasteiger partial charge on any atom is -0.302 e. The van der Waals surface area contributed by atoms with Crippen LogP contribution in [-0.4, -0.2) is 14.5 Å². The Morgan fingerprint density at radius 1 is 1.61 bits per heavy atom. The van der Waals surface area contributed by atoms with Crippen molar-refractivity contribution in [3.8, 4) is 0 Å². The predicted molar refractivity (Wildman–Crippen MR) is 71.0 cm³/mol. The van der Waals surface area contributed by atoms with Crippen LogP contribution in [0.15, 0.2) is 26.9 Å². The summed E-state index contributed by atoms with van der Waals surface area (Å²) in [5.41, 5.74) is -0.364. The molecule has 2 aromatic rings. The Bertz CT molecular complexity index is 665. The minimum absolute atomic E-state index is 0.226. The second-order valence-corrected chi connectivity index (χ2v) is 5.57. The van der Waals surface area contributed by atoms with Gasteiger partial charge in [0.25, 0.3) is 0 Å². The summed E-state index contributed by atoms with van der Waals surface area (Å²) in [6.45, 7) is 2.09. The summed E-state index contributed by atoms with van der Waals surface area (Å²) in [5, 5.41) is 13.5. The molecule has 0 saturated carbocycles. The molecule has 0 atom stereocenters. The van der Waals surface area contributed by atoms with Gasteiger partial charge in [-0.2, -0.15) is 0 Å². The third-order valence-corrected chi connectivity index (χ3v) is 3.49. The molecule has 2 rings (SSSR count). The van der Waals surface area contributed by atoms with E-state index in [2.05, 4.69) is 20.9 Å². The molecule has 6 nitrogen and oxygen atoms in total. The molecular formula is C10H8BrN3O3S. The Hall–Kier alpha value is -1.54. The number of pyridine rings is 1. The van der Waals surface area contributed by atoms with Crippen LogP contribution >= 0.6 is 27.3 Å². The molecule has 0 aliphatic carbocycles. The lowest BCUT2D eigenvalue weighted by molar-refractivity contribution is -0.386. The van der Waals surface area contributed by atoms with E-state index in [0.29, 0.717) is 10.2 Å². The van der Waals surface area contributed by atoms with Crippen molar-refractivity contribution in [2.24, 2.45) is 0 Å². The molecule has 0 fully saturated rings. The first-order chi connectivity index (χ1) is 8.47. The van der Waals surface area contributed by atoms with Gasteiger partial charge in [0.05, 0.1) is 22.2 Å². The summed E-state index contributed by atoms with van der Waals surface area (Å²) >= 11 is 4.62. The fourth-order valence-corrected chi connectivity index (χ4v) is 2.56. The van der Waals surface area contributed by atoms with Gasteiger partial charge in [0.1, 0.15) is 0 Å². The van der Waals surface area contributed by atoms with Crippen molar-refractivity contribution in [3.63, 3.8) is 0 Å². The van der Waals surface area contributed by atoms with Gasteiger partial charge in [-0.25, -0.2) is 4.98 Å². The average molecular weight is 330 g/mol. The Balaban J connectivity index is 2.45. The number of aromatic nitrogens is 2. The van der Waals surface area contributed by atoms with Gasteiger partial charge in [-0.05, 0) is 22.9 Å². The second kappa shape index (κ2) is 4.99. The van der Waals surface area contributed by atoms with E-state index in [1.165, 1.54) is 28.2 Å². The number of halogens is 1. The summed E-state index contributed by atoms with van der Waals surface area (Å²) in [4.78, 5) is 26.1. The van der Waals surface area contributed by atoms with E-state index in [1.807, 2.05) is 12.3 Å². The lowest BCUT2D eigenvalue weighted by atomic mass is 10.4. The van der Waals surface area contributed by atoms with Crippen molar-refractivity contribution >= 4 is 33.0 Å². The van der Waals surface area contributed by atoms with Gasteiger partial charge in [-0.1, -0.05) is 0 Å². The van der Waals surface area contributed by atoms with Gasteiger partial charge in [0.2, 0.25) is 0 Å². The van der Waals surface area contributed by atoms with Crippen LogP contribution in [0.3, 0.4) is 0 Å². The summed E-state index contributed by atoms with van der Waals surface area (Å²) in [6.07, 6.45) is 1.52. The first kappa shape index (κ1) is 12.9. The van der Waals surface area contributed by atoms with Gasteiger partial charge in [0, 0.05) is 22.1 Å². The number of hydrogen-bond donors (Lipinski definition) is 0. The molecule has 0 N–H and O–H groups in total. The number of rotatable bonds is 3. The highest BCUT2D eigenvalue weighted by molar-refractivity contribution is 9.10. The van der Waals surface area contributed by atoms with Gasteiger partial charge in [-0.15, -0.1) is 11.3 Å². The highest BCUT2D eigenvalue weighted by Crippen LogP contribution is 2.15. The molecule has 0 amide bonds. The molecule has 2 aromatic heterocycles. The Morgan fingerprint density at radius 2 is 2.33 bits per heavy atom. The molecule has 0 aliphatic heterocycles. The first-order valence-corrected chi connectivity index (χ1v) is 6.60. The monoisotopic (exact) mass is 329 g/mol. The Morgan fingerprint density at radius 3 is 2.89 bits per heavy atom. The van der Waals surface area contributed by atoms with E-state index in [0.717, 1.165) is 5.01 Å². The number of nitro groups is 1. The van der Waals surface area contributed by atoms with Crippen molar-refractivity contribution in [2.45, 2.75) is 13.5 Å². The standard InChI is InChI=1S/C10H8BrN3O3S/c1-6-12-8(5-18-6)4-13-3-7(11)2-9(10(13)15)14(16)17/h2-3,5H,4H2,1H3. The van der Waals surface area contributed by atoms with Crippen molar-refractivity contribution in [3.05, 3.63) is 53.3 Å². The lowest BCUT2D eigenvalue weighted by Crippen LogP contribution is -2.22. The zero-order valence-electron chi connectivity index (χ0n) is 9.29.